The summed E-state index contributed by atoms with van der Waals surface area (Å²) < 4.78 is 0. The fraction of sp³-hybridized carbons (Fsp3) is 0. The van der Waals surface area contributed by atoms with Crippen LogP contribution in [-0.2, 0) is 0 Å². The Morgan fingerprint density at radius 2 is 0.426 bits per heavy atom. The molecule has 0 N–H and O–H groups in total. The molecule has 0 aliphatic heterocycles. The predicted molar refractivity (Wildman–Crippen MR) is 226 cm³/mol. The minimum Gasteiger partial charge on any atom is -0.248 e. The van der Waals surface area contributed by atoms with E-state index in [1.807, 2.05) is 18.2 Å². The Balaban J connectivity index is 1.04. The Morgan fingerprint density at radius 1 is 0.167 bits per heavy atom. The van der Waals surface area contributed by atoms with Gasteiger partial charge in [0.25, 0.3) is 0 Å². The van der Waals surface area contributed by atoms with Crippen molar-refractivity contribution >= 4 is 0 Å². The van der Waals surface area contributed by atoms with Gasteiger partial charge in [-0.25, -0.2) is 9.97 Å². The first kappa shape index (κ1) is 32.7. The van der Waals surface area contributed by atoms with E-state index in [4.69, 9.17) is 9.97 Å². The maximum Gasteiger partial charge on any atom is 0.0715 e. The lowest BCUT2D eigenvalue weighted by atomic mass is 9.95. The van der Waals surface area contributed by atoms with Gasteiger partial charge in [0.1, 0.15) is 0 Å². The first-order valence-electron chi connectivity index (χ1n) is 18.3. The Morgan fingerprint density at radius 3 is 0.833 bits per heavy atom. The third-order valence-corrected chi connectivity index (χ3v) is 9.87. The van der Waals surface area contributed by atoms with Crippen LogP contribution in [0, 0.1) is 0 Å². The van der Waals surface area contributed by atoms with Crippen LogP contribution in [0.2, 0.25) is 0 Å². The zero-order chi connectivity index (χ0) is 36.1. The standard InChI is InChI=1S/C52H36N2/c1-5-15-37(16-6-1)47-33-49(40-17-7-2-8-18-40)54-52(34-47)46-26-14-24-44(32-46)39-29-27-38(28-30-39)43-23-13-25-45(31-43)48-35-50(41-19-9-3-10-20-41)53-51(36-48)42-21-11-4-12-22-42/h1-36H. The third kappa shape index (κ3) is 7.01. The molecule has 0 fully saturated rings. The molecular weight excluding hydrogens is 653 g/mol. The van der Waals surface area contributed by atoms with Gasteiger partial charge in [-0.05, 0) is 80.9 Å². The molecule has 2 heterocycles. The molecule has 0 saturated carbocycles. The smallest absolute Gasteiger partial charge is 0.0715 e. The first-order valence-corrected chi connectivity index (χ1v) is 18.3. The van der Waals surface area contributed by atoms with Gasteiger partial charge in [0.15, 0.2) is 0 Å². The average molecular weight is 689 g/mol. The molecule has 9 aromatic rings. The van der Waals surface area contributed by atoms with E-state index in [0.717, 1.165) is 72.8 Å². The van der Waals surface area contributed by atoms with Crippen LogP contribution in [-0.4, -0.2) is 9.97 Å². The highest BCUT2D eigenvalue weighted by molar-refractivity contribution is 5.82. The zero-order valence-corrected chi connectivity index (χ0v) is 29.7. The predicted octanol–water partition coefficient (Wildman–Crippen LogP) is 13.8. The Labute approximate surface area is 316 Å². The highest BCUT2D eigenvalue weighted by atomic mass is 14.7. The van der Waals surface area contributed by atoms with Crippen molar-refractivity contribution in [3.8, 4) is 89.5 Å². The van der Waals surface area contributed by atoms with E-state index in [9.17, 15) is 0 Å². The van der Waals surface area contributed by atoms with E-state index < -0.39 is 0 Å². The summed E-state index contributed by atoms with van der Waals surface area (Å²) in [4.78, 5) is 10.2. The average Bonchev–Trinajstić information content (AvgIpc) is 3.27. The molecular formula is C52H36N2. The minimum atomic E-state index is 0.951. The van der Waals surface area contributed by atoms with Crippen molar-refractivity contribution in [2.75, 3.05) is 0 Å². The van der Waals surface area contributed by atoms with Gasteiger partial charge < -0.3 is 0 Å². The number of aromatic nitrogens is 2. The van der Waals surface area contributed by atoms with Gasteiger partial charge in [0, 0.05) is 22.3 Å². The second-order valence-corrected chi connectivity index (χ2v) is 13.5. The zero-order valence-electron chi connectivity index (χ0n) is 29.7. The molecule has 54 heavy (non-hydrogen) atoms. The lowest BCUT2D eigenvalue weighted by molar-refractivity contribution is 1.32. The van der Waals surface area contributed by atoms with Crippen LogP contribution in [0.1, 0.15) is 0 Å². The van der Waals surface area contributed by atoms with E-state index in [2.05, 4.69) is 200 Å². The number of pyridine rings is 2. The van der Waals surface area contributed by atoms with Gasteiger partial charge in [0.2, 0.25) is 0 Å². The summed E-state index contributed by atoms with van der Waals surface area (Å²) in [5.41, 5.74) is 17.5. The summed E-state index contributed by atoms with van der Waals surface area (Å²) in [6, 6.07) is 76.9. The topological polar surface area (TPSA) is 25.8 Å². The number of benzene rings is 7. The van der Waals surface area contributed by atoms with Crippen molar-refractivity contribution in [2.45, 2.75) is 0 Å². The second-order valence-electron chi connectivity index (χ2n) is 13.5. The third-order valence-electron chi connectivity index (χ3n) is 9.87. The van der Waals surface area contributed by atoms with E-state index in [1.165, 1.54) is 16.7 Å². The van der Waals surface area contributed by atoms with Crippen LogP contribution in [0.4, 0.5) is 0 Å². The maximum atomic E-state index is 5.16. The van der Waals surface area contributed by atoms with Crippen LogP contribution < -0.4 is 0 Å². The van der Waals surface area contributed by atoms with E-state index >= 15 is 0 Å². The van der Waals surface area contributed by atoms with E-state index in [-0.39, 0.29) is 0 Å². The fourth-order valence-corrected chi connectivity index (χ4v) is 7.03. The summed E-state index contributed by atoms with van der Waals surface area (Å²) in [6.07, 6.45) is 0. The molecule has 2 heteroatoms. The molecule has 0 saturated heterocycles. The highest BCUT2D eigenvalue weighted by Gasteiger charge is 2.12. The quantitative estimate of drug-likeness (QED) is 0.159. The largest absolute Gasteiger partial charge is 0.248 e. The Kier molecular flexibility index (Phi) is 8.99. The number of hydrogen-bond acceptors (Lipinski definition) is 2. The summed E-state index contributed by atoms with van der Waals surface area (Å²) >= 11 is 0. The number of nitrogens with zero attached hydrogens (tertiary/aromatic N) is 2. The van der Waals surface area contributed by atoms with Crippen LogP contribution in [0.25, 0.3) is 89.5 Å². The molecule has 7 aromatic carbocycles. The molecule has 0 spiro atoms. The minimum absolute atomic E-state index is 0.951. The first-order chi connectivity index (χ1) is 26.7. The van der Waals surface area contributed by atoms with Gasteiger partial charge in [-0.3, -0.25) is 0 Å². The molecule has 0 atom stereocenters. The van der Waals surface area contributed by atoms with Crippen LogP contribution in [0.15, 0.2) is 218 Å². The van der Waals surface area contributed by atoms with Crippen molar-refractivity contribution in [3.05, 3.63) is 218 Å². The fourth-order valence-electron chi connectivity index (χ4n) is 7.03. The van der Waals surface area contributed by atoms with Gasteiger partial charge in [-0.2, -0.15) is 0 Å². The molecule has 2 nitrogen and oxygen atoms in total. The monoisotopic (exact) mass is 688 g/mol. The molecule has 2 aromatic heterocycles. The number of hydrogen-bond donors (Lipinski definition) is 0. The lowest BCUT2D eigenvalue weighted by Crippen LogP contribution is -1.92. The molecule has 9 rings (SSSR count). The van der Waals surface area contributed by atoms with Crippen molar-refractivity contribution in [1.82, 2.24) is 9.97 Å². The number of rotatable bonds is 8. The molecule has 254 valence electrons. The van der Waals surface area contributed by atoms with Gasteiger partial charge in [-0.1, -0.05) is 182 Å². The molecule has 0 amide bonds. The SMILES string of the molecule is c1ccc(-c2cc(-c3ccccc3)nc(-c3cccc(-c4ccc(-c5cccc(-c6cc(-c7ccccc7)nc(-c7ccccc7)c6)c5)cc4)c3)c2)cc1. The summed E-state index contributed by atoms with van der Waals surface area (Å²) in [5.74, 6) is 0. The van der Waals surface area contributed by atoms with Crippen molar-refractivity contribution < 1.29 is 0 Å². The molecule has 0 unspecified atom stereocenters. The lowest BCUT2D eigenvalue weighted by Gasteiger charge is -2.12. The summed E-state index contributed by atoms with van der Waals surface area (Å²) in [7, 11) is 0. The molecule has 0 aliphatic carbocycles. The maximum absolute atomic E-state index is 5.16. The second kappa shape index (κ2) is 14.8. The molecule has 0 bridgehead atoms. The van der Waals surface area contributed by atoms with Gasteiger partial charge in [0.05, 0.1) is 22.8 Å². The summed E-state index contributed by atoms with van der Waals surface area (Å²) in [6.45, 7) is 0. The van der Waals surface area contributed by atoms with Crippen LogP contribution in [0.3, 0.4) is 0 Å². The van der Waals surface area contributed by atoms with Crippen LogP contribution >= 0.6 is 0 Å². The van der Waals surface area contributed by atoms with Crippen molar-refractivity contribution in [2.24, 2.45) is 0 Å². The van der Waals surface area contributed by atoms with E-state index in [0.29, 0.717) is 0 Å². The molecule has 0 radical (unpaired) electrons. The van der Waals surface area contributed by atoms with Crippen molar-refractivity contribution in [1.29, 1.82) is 0 Å². The Bertz CT molecular complexity index is 2360. The van der Waals surface area contributed by atoms with Crippen LogP contribution in [0.5, 0.6) is 0 Å². The molecule has 0 aliphatic rings. The van der Waals surface area contributed by atoms with Gasteiger partial charge in [-0.15, -0.1) is 0 Å². The van der Waals surface area contributed by atoms with Crippen molar-refractivity contribution in [3.63, 3.8) is 0 Å². The highest BCUT2D eigenvalue weighted by Crippen LogP contribution is 2.35. The Hall–Kier alpha value is -7.16. The van der Waals surface area contributed by atoms with E-state index in [1.54, 1.807) is 0 Å². The van der Waals surface area contributed by atoms with Gasteiger partial charge >= 0.3 is 0 Å². The normalized spacial score (nSPS) is 11.0. The summed E-state index contributed by atoms with van der Waals surface area (Å²) in [5, 5.41) is 0.